The van der Waals surface area contributed by atoms with Gasteiger partial charge in [-0.15, -0.1) is 0 Å². The predicted molar refractivity (Wildman–Crippen MR) is 61.0 cm³/mol. The van der Waals surface area contributed by atoms with Crippen molar-refractivity contribution in [3.63, 3.8) is 0 Å². The standard InChI is InChI=1S/C11H21N3O2/c1-9(10(15)13-11(12)16)14-7-5-3-2-4-6-8-14/h9H,2-8H2,1H3,(H3,12,13,15,16)/p+1/t9-/m1/s1. The van der Waals surface area contributed by atoms with Gasteiger partial charge >= 0.3 is 6.03 Å². The molecule has 0 aromatic heterocycles. The second-order valence-corrected chi connectivity index (χ2v) is 4.50. The molecule has 0 saturated carbocycles. The molecule has 0 aliphatic carbocycles. The topological polar surface area (TPSA) is 76.6 Å². The van der Waals surface area contributed by atoms with E-state index < -0.39 is 6.03 Å². The Labute approximate surface area is 96.4 Å². The summed E-state index contributed by atoms with van der Waals surface area (Å²) >= 11 is 0. The fourth-order valence-electron chi connectivity index (χ4n) is 2.21. The zero-order valence-electron chi connectivity index (χ0n) is 9.92. The molecule has 16 heavy (non-hydrogen) atoms. The van der Waals surface area contributed by atoms with Gasteiger partial charge in [0.05, 0.1) is 13.1 Å². The zero-order valence-corrected chi connectivity index (χ0v) is 9.92. The molecule has 1 rings (SSSR count). The van der Waals surface area contributed by atoms with Gasteiger partial charge in [0.1, 0.15) is 0 Å². The van der Waals surface area contributed by atoms with E-state index in [4.69, 9.17) is 5.73 Å². The van der Waals surface area contributed by atoms with E-state index in [1.54, 1.807) is 0 Å². The highest BCUT2D eigenvalue weighted by molar-refractivity contribution is 5.95. The van der Waals surface area contributed by atoms with Gasteiger partial charge in [0.2, 0.25) is 0 Å². The number of nitrogens with one attached hydrogen (secondary N) is 2. The molecule has 5 nitrogen and oxygen atoms in total. The highest BCUT2D eigenvalue weighted by atomic mass is 16.2. The second kappa shape index (κ2) is 6.48. The Kier molecular flexibility index (Phi) is 5.25. The number of imide groups is 1. The summed E-state index contributed by atoms with van der Waals surface area (Å²) in [5, 5.41) is 2.15. The van der Waals surface area contributed by atoms with Crippen LogP contribution < -0.4 is 16.0 Å². The minimum Gasteiger partial charge on any atom is -0.351 e. The number of amides is 3. The molecule has 0 aromatic carbocycles. The highest BCUT2D eigenvalue weighted by Gasteiger charge is 2.25. The summed E-state index contributed by atoms with van der Waals surface area (Å²) < 4.78 is 0. The third-order valence-electron chi connectivity index (χ3n) is 3.25. The largest absolute Gasteiger partial charge is 0.351 e. The SMILES string of the molecule is C[C@H](C(=O)NC(N)=O)[NH+]1CCCCCCC1. The Morgan fingerprint density at radius 1 is 1.12 bits per heavy atom. The summed E-state index contributed by atoms with van der Waals surface area (Å²) in [6, 6.07) is -0.950. The Morgan fingerprint density at radius 2 is 1.62 bits per heavy atom. The van der Waals surface area contributed by atoms with E-state index >= 15 is 0 Å². The lowest BCUT2D eigenvalue weighted by Crippen LogP contribution is -3.16. The van der Waals surface area contributed by atoms with Gasteiger partial charge in [-0.25, -0.2) is 4.79 Å². The fourth-order valence-corrected chi connectivity index (χ4v) is 2.21. The molecule has 0 unspecified atom stereocenters. The number of primary amides is 1. The molecular formula is C11H22N3O2+. The summed E-state index contributed by atoms with van der Waals surface area (Å²) in [7, 11) is 0. The minimum atomic E-state index is -0.761. The second-order valence-electron chi connectivity index (χ2n) is 4.50. The molecule has 4 N–H and O–H groups in total. The summed E-state index contributed by atoms with van der Waals surface area (Å²) in [5.74, 6) is -0.261. The number of carbonyl (C=O) groups excluding carboxylic acids is 2. The van der Waals surface area contributed by atoms with Crippen LogP contribution in [0.4, 0.5) is 4.79 Å². The molecule has 92 valence electrons. The Hall–Kier alpha value is -1.10. The van der Waals surface area contributed by atoms with Crippen LogP contribution in [-0.4, -0.2) is 31.1 Å². The maximum Gasteiger partial charge on any atom is 0.319 e. The number of likely N-dealkylation sites (tertiary alicyclic amines) is 1. The first-order valence-corrected chi connectivity index (χ1v) is 6.06. The number of hydrogen-bond acceptors (Lipinski definition) is 2. The maximum absolute atomic E-state index is 11.6. The van der Waals surface area contributed by atoms with Crippen LogP contribution in [0, 0.1) is 0 Å². The number of urea groups is 1. The van der Waals surface area contributed by atoms with Crippen molar-refractivity contribution in [2.75, 3.05) is 13.1 Å². The minimum absolute atomic E-state index is 0.189. The Balaban J connectivity index is 2.46. The molecular weight excluding hydrogens is 206 g/mol. The van der Waals surface area contributed by atoms with Gasteiger partial charge in [0.15, 0.2) is 6.04 Å². The van der Waals surface area contributed by atoms with E-state index in [1.165, 1.54) is 24.2 Å². The van der Waals surface area contributed by atoms with E-state index in [0.29, 0.717) is 0 Å². The third-order valence-corrected chi connectivity index (χ3v) is 3.25. The van der Waals surface area contributed by atoms with Crippen molar-refractivity contribution >= 4 is 11.9 Å². The monoisotopic (exact) mass is 228 g/mol. The summed E-state index contributed by atoms with van der Waals surface area (Å²) in [5.41, 5.74) is 4.94. The highest BCUT2D eigenvalue weighted by Crippen LogP contribution is 2.03. The van der Waals surface area contributed by atoms with Gasteiger partial charge in [0, 0.05) is 0 Å². The van der Waals surface area contributed by atoms with E-state index in [0.717, 1.165) is 25.9 Å². The number of carbonyl (C=O) groups is 2. The van der Waals surface area contributed by atoms with Crippen molar-refractivity contribution in [1.29, 1.82) is 0 Å². The van der Waals surface area contributed by atoms with E-state index in [-0.39, 0.29) is 11.9 Å². The van der Waals surface area contributed by atoms with Gasteiger partial charge in [0.25, 0.3) is 5.91 Å². The lowest BCUT2D eigenvalue weighted by atomic mass is 10.1. The first kappa shape index (κ1) is 13.0. The molecule has 5 heteroatoms. The fraction of sp³-hybridized carbons (Fsp3) is 0.818. The maximum atomic E-state index is 11.6. The molecule has 1 heterocycles. The number of quaternary nitrogens is 1. The zero-order chi connectivity index (χ0) is 12.0. The molecule has 0 spiro atoms. The van der Waals surface area contributed by atoms with Crippen molar-refractivity contribution in [2.24, 2.45) is 5.73 Å². The lowest BCUT2D eigenvalue weighted by Gasteiger charge is -2.26. The van der Waals surface area contributed by atoms with Gasteiger partial charge in [-0.2, -0.15) is 0 Å². The molecule has 0 radical (unpaired) electrons. The van der Waals surface area contributed by atoms with Crippen LogP contribution in [0.15, 0.2) is 0 Å². The van der Waals surface area contributed by atoms with Gasteiger partial charge in [-0.3, -0.25) is 10.1 Å². The number of nitrogens with two attached hydrogens (primary N) is 1. The van der Waals surface area contributed by atoms with Crippen LogP contribution >= 0.6 is 0 Å². The first-order chi connectivity index (χ1) is 7.61. The summed E-state index contributed by atoms with van der Waals surface area (Å²) in [6.07, 6.45) is 6.10. The number of hydrogen-bond donors (Lipinski definition) is 3. The number of rotatable bonds is 2. The average molecular weight is 228 g/mol. The van der Waals surface area contributed by atoms with E-state index in [2.05, 4.69) is 5.32 Å². The Bertz CT molecular complexity index is 248. The molecule has 1 aliphatic rings. The normalized spacial score (nSPS) is 20.6. The smallest absolute Gasteiger partial charge is 0.319 e. The third kappa shape index (κ3) is 4.18. The molecule has 0 bridgehead atoms. The van der Waals surface area contributed by atoms with Crippen LogP contribution in [0.5, 0.6) is 0 Å². The van der Waals surface area contributed by atoms with Crippen LogP contribution in [0.3, 0.4) is 0 Å². The lowest BCUT2D eigenvalue weighted by molar-refractivity contribution is -0.915. The van der Waals surface area contributed by atoms with Crippen molar-refractivity contribution in [1.82, 2.24) is 5.32 Å². The molecule has 1 saturated heterocycles. The van der Waals surface area contributed by atoms with Crippen LogP contribution in [-0.2, 0) is 4.79 Å². The van der Waals surface area contributed by atoms with Gasteiger partial charge < -0.3 is 10.6 Å². The van der Waals surface area contributed by atoms with Crippen LogP contribution in [0.25, 0.3) is 0 Å². The van der Waals surface area contributed by atoms with Crippen molar-refractivity contribution < 1.29 is 14.5 Å². The van der Waals surface area contributed by atoms with E-state index in [1.807, 2.05) is 6.92 Å². The van der Waals surface area contributed by atoms with Crippen molar-refractivity contribution in [3.05, 3.63) is 0 Å². The molecule has 3 amide bonds. The molecule has 1 aliphatic heterocycles. The van der Waals surface area contributed by atoms with Crippen LogP contribution in [0.2, 0.25) is 0 Å². The Morgan fingerprint density at radius 3 is 2.12 bits per heavy atom. The molecule has 1 fully saturated rings. The summed E-state index contributed by atoms with van der Waals surface area (Å²) in [6.45, 7) is 3.87. The quantitative estimate of drug-likeness (QED) is 0.591. The van der Waals surface area contributed by atoms with E-state index in [9.17, 15) is 9.59 Å². The molecule has 0 aromatic rings. The van der Waals surface area contributed by atoms with Crippen molar-refractivity contribution in [2.45, 2.75) is 45.1 Å². The van der Waals surface area contributed by atoms with Gasteiger partial charge in [-0.05, 0) is 32.6 Å². The predicted octanol–water partition coefficient (Wildman–Crippen LogP) is -0.581. The molecule has 1 atom stereocenters. The average Bonchev–Trinajstić information content (AvgIpc) is 2.15. The van der Waals surface area contributed by atoms with Gasteiger partial charge in [-0.1, -0.05) is 6.42 Å². The van der Waals surface area contributed by atoms with Crippen molar-refractivity contribution in [3.8, 4) is 0 Å². The van der Waals surface area contributed by atoms with Crippen LogP contribution in [0.1, 0.15) is 39.0 Å². The first-order valence-electron chi connectivity index (χ1n) is 6.06. The summed E-state index contributed by atoms with van der Waals surface area (Å²) in [4.78, 5) is 23.5.